The third-order valence-corrected chi connectivity index (χ3v) is 5.35. The number of nitrogens with one attached hydrogen (secondary N) is 1. The molecule has 4 rings (SSSR count). The lowest BCUT2D eigenvalue weighted by atomic mass is 10.1. The van der Waals surface area contributed by atoms with Crippen molar-refractivity contribution < 1.29 is 23.0 Å². The van der Waals surface area contributed by atoms with Gasteiger partial charge in [0.2, 0.25) is 5.13 Å². The summed E-state index contributed by atoms with van der Waals surface area (Å²) >= 11 is 1.24. The number of rotatable bonds is 8. The fourth-order valence-corrected chi connectivity index (χ4v) is 3.53. The molecule has 9 heteroatoms. The second kappa shape index (κ2) is 10.2. The third-order valence-electron chi connectivity index (χ3n) is 4.59. The summed E-state index contributed by atoms with van der Waals surface area (Å²) in [7, 11) is 0. The lowest BCUT2D eigenvalue weighted by molar-refractivity contribution is 0.102. The molecule has 0 unspecified atom stereocenters. The van der Waals surface area contributed by atoms with Crippen LogP contribution in [0.5, 0.6) is 11.5 Å². The molecule has 0 saturated carbocycles. The van der Waals surface area contributed by atoms with E-state index in [1.807, 2.05) is 0 Å². The maximum absolute atomic E-state index is 14.0. The first-order valence-electron chi connectivity index (χ1n) is 9.97. The Balaban J connectivity index is 1.56. The van der Waals surface area contributed by atoms with E-state index < -0.39 is 17.5 Å². The Morgan fingerprint density at radius 1 is 0.879 bits per heavy atom. The Labute approximate surface area is 192 Å². The molecule has 0 aliphatic rings. The monoisotopic (exact) mass is 467 g/mol. The van der Waals surface area contributed by atoms with Crippen LogP contribution < -0.4 is 14.8 Å². The summed E-state index contributed by atoms with van der Waals surface area (Å²) in [4.78, 5) is 12.8. The van der Waals surface area contributed by atoms with Gasteiger partial charge in [-0.15, -0.1) is 10.2 Å². The maximum Gasteiger partial charge on any atom is 0.257 e. The van der Waals surface area contributed by atoms with Crippen LogP contribution in [0.15, 0.2) is 66.7 Å². The van der Waals surface area contributed by atoms with E-state index >= 15 is 0 Å². The van der Waals surface area contributed by atoms with Crippen LogP contribution in [0, 0.1) is 18.6 Å². The molecular weight excluding hydrogens is 448 g/mol. The zero-order valence-electron chi connectivity index (χ0n) is 17.5. The molecule has 168 valence electrons. The molecule has 1 heterocycles. The fourth-order valence-electron chi connectivity index (χ4n) is 2.94. The molecule has 0 radical (unpaired) electrons. The maximum atomic E-state index is 14.0. The van der Waals surface area contributed by atoms with Gasteiger partial charge < -0.3 is 9.47 Å². The number of ether oxygens (including phenoxy) is 2. The molecule has 0 aliphatic heterocycles. The van der Waals surface area contributed by atoms with E-state index in [0.717, 1.165) is 0 Å². The van der Waals surface area contributed by atoms with Crippen molar-refractivity contribution in [2.75, 3.05) is 5.32 Å². The normalized spacial score (nSPS) is 10.6. The standard InChI is InChI=1S/C24H19F2N3O3S/c1-15-28-29-24(33-15)27-23(30)18-10-19(31-13-16-6-2-4-8-21(16)25)12-20(11-18)32-14-17-7-3-5-9-22(17)26/h2-12H,13-14H2,1H3,(H,27,29,30). The summed E-state index contributed by atoms with van der Waals surface area (Å²) < 4.78 is 39.4. The smallest absolute Gasteiger partial charge is 0.257 e. The van der Waals surface area contributed by atoms with Gasteiger partial charge in [-0.05, 0) is 31.2 Å². The van der Waals surface area contributed by atoms with Gasteiger partial charge in [-0.25, -0.2) is 8.78 Å². The first-order chi connectivity index (χ1) is 16.0. The molecule has 3 aromatic carbocycles. The first-order valence-corrected chi connectivity index (χ1v) is 10.8. The fraction of sp³-hybridized carbons (Fsp3) is 0.125. The van der Waals surface area contributed by atoms with Crippen molar-refractivity contribution in [1.29, 1.82) is 0 Å². The Bertz CT molecular complexity index is 1210. The lowest BCUT2D eigenvalue weighted by Gasteiger charge is -2.13. The van der Waals surface area contributed by atoms with Crippen molar-refractivity contribution >= 4 is 22.4 Å². The van der Waals surface area contributed by atoms with Crippen LogP contribution in [-0.4, -0.2) is 16.1 Å². The van der Waals surface area contributed by atoms with Crippen LogP contribution in [0.1, 0.15) is 26.5 Å². The number of hydrogen-bond acceptors (Lipinski definition) is 6. The van der Waals surface area contributed by atoms with Gasteiger partial charge in [-0.3, -0.25) is 10.1 Å². The van der Waals surface area contributed by atoms with Gasteiger partial charge in [0.1, 0.15) is 41.4 Å². The number of carbonyl (C=O) groups excluding carboxylic acids is 1. The van der Waals surface area contributed by atoms with Crippen LogP contribution in [0.2, 0.25) is 0 Å². The zero-order valence-corrected chi connectivity index (χ0v) is 18.4. The average molecular weight is 467 g/mol. The topological polar surface area (TPSA) is 73.3 Å². The second-order valence-corrected chi connectivity index (χ2v) is 8.22. The molecule has 1 amide bonds. The molecule has 0 bridgehead atoms. The van der Waals surface area contributed by atoms with Crippen molar-refractivity contribution in [3.05, 3.63) is 100 Å². The Morgan fingerprint density at radius 2 is 1.42 bits per heavy atom. The largest absolute Gasteiger partial charge is 0.489 e. The van der Waals surface area contributed by atoms with Crippen LogP contribution in [0.25, 0.3) is 0 Å². The minimum atomic E-state index is -0.446. The van der Waals surface area contributed by atoms with E-state index in [0.29, 0.717) is 32.8 Å². The van der Waals surface area contributed by atoms with Crippen molar-refractivity contribution in [3.63, 3.8) is 0 Å². The third kappa shape index (κ3) is 5.89. The van der Waals surface area contributed by atoms with Crippen LogP contribution >= 0.6 is 11.3 Å². The van der Waals surface area contributed by atoms with E-state index in [2.05, 4.69) is 15.5 Å². The van der Waals surface area contributed by atoms with Crippen LogP contribution in [0.3, 0.4) is 0 Å². The molecule has 0 aliphatic carbocycles. The van der Waals surface area contributed by atoms with Crippen LogP contribution in [0.4, 0.5) is 13.9 Å². The van der Waals surface area contributed by atoms with E-state index in [1.165, 1.54) is 35.6 Å². The minimum Gasteiger partial charge on any atom is -0.489 e. The number of amides is 1. The number of nitrogens with zero attached hydrogens (tertiary/aromatic N) is 2. The number of aromatic nitrogens is 2. The molecule has 1 N–H and O–H groups in total. The zero-order chi connectivity index (χ0) is 23.2. The van der Waals surface area contributed by atoms with E-state index in [1.54, 1.807) is 49.4 Å². The predicted octanol–water partition coefficient (Wildman–Crippen LogP) is 5.54. The molecular formula is C24H19F2N3O3S. The summed E-state index contributed by atoms with van der Waals surface area (Å²) in [6, 6.07) is 17.1. The van der Waals surface area contributed by atoms with Gasteiger partial charge in [-0.1, -0.05) is 47.7 Å². The second-order valence-electron chi connectivity index (χ2n) is 7.03. The highest BCUT2D eigenvalue weighted by molar-refractivity contribution is 7.15. The van der Waals surface area contributed by atoms with Gasteiger partial charge in [0.05, 0.1) is 0 Å². The molecule has 4 aromatic rings. The van der Waals surface area contributed by atoms with E-state index in [9.17, 15) is 13.6 Å². The summed E-state index contributed by atoms with van der Waals surface area (Å²) in [6.07, 6.45) is 0. The molecule has 6 nitrogen and oxygen atoms in total. The van der Waals surface area contributed by atoms with Gasteiger partial charge >= 0.3 is 0 Å². The highest BCUT2D eigenvalue weighted by atomic mass is 32.1. The number of hydrogen-bond donors (Lipinski definition) is 1. The number of carbonyl (C=O) groups is 1. The molecule has 1 aromatic heterocycles. The van der Waals surface area contributed by atoms with Gasteiger partial charge in [-0.2, -0.15) is 0 Å². The first kappa shape index (κ1) is 22.3. The molecule has 0 saturated heterocycles. The quantitative estimate of drug-likeness (QED) is 0.369. The molecule has 33 heavy (non-hydrogen) atoms. The molecule has 0 fully saturated rings. The van der Waals surface area contributed by atoms with Crippen molar-refractivity contribution in [2.24, 2.45) is 0 Å². The van der Waals surface area contributed by atoms with Gasteiger partial charge in [0.15, 0.2) is 0 Å². The summed E-state index contributed by atoms with van der Waals surface area (Å²) in [6.45, 7) is 1.69. The van der Waals surface area contributed by atoms with Crippen LogP contribution in [-0.2, 0) is 13.2 Å². The lowest BCUT2D eigenvalue weighted by Crippen LogP contribution is -2.12. The Morgan fingerprint density at radius 3 is 1.91 bits per heavy atom. The molecule has 0 spiro atoms. The summed E-state index contributed by atoms with van der Waals surface area (Å²) in [5.74, 6) is -0.646. The number of benzene rings is 3. The summed E-state index contributed by atoms with van der Waals surface area (Å²) in [5, 5.41) is 11.5. The number of anilines is 1. The van der Waals surface area contributed by atoms with Crippen molar-refractivity contribution in [3.8, 4) is 11.5 Å². The minimum absolute atomic E-state index is 0.0416. The highest BCUT2D eigenvalue weighted by Gasteiger charge is 2.14. The van der Waals surface area contributed by atoms with Gasteiger partial charge in [0.25, 0.3) is 5.91 Å². The van der Waals surface area contributed by atoms with Crippen molar-refractivity contribution in [2.45, 2.75) is 20.1 Å². The number of halogens is 2. The Hall–Kier alpha value is -3.85. The molecule has 0 atom stereocenters. The van der Waals surface area contributed by atoms with E-state index in [4.69, 9.17) is 9.47 Å². The SMILES string of the molecule is Cc1nnc(NC(=O)c2cc(OCc3ccccc3F)cc(OCc3ccccc3F)c2)s1. The Kier molecular flexibility index (Phi) is 6.89. The average Bonchev–Trinajstić information content (AvgIpc) is 3.22. The van der Waals surface area contributed by atoms with Gasteiger partial charge in [0, 0.05) is 22.8 Å². The summed E-state index contributed by atoms with van der Waals surface area (Å²) in [5.41, 5.74) is 0.966. The predicted molar refractivity (Wildman–Crippen MR) is 121 cm³/mol. The number of aryl methyl sites for hydroxylation is 1. The highest BCUT2D eigenvalue weighted by Crippen LogP contribution is 2.26. The van der Waals surface area contributed by atoms with E-state index in [-0.39, 0.29) is 18.8 Å². The van der Waals surface area contributed by atoms with Crippen molar-refractivity contribution in [1.82, 2.24) is 10.2 Å².